The number of fused-ring (bicyclic) bond motifs is 1. The molecule has 0 bridgehead atoms. The summed E-state index contributed by atoms with van der Waals surface area (Å²) in [5.74, 6) is 1.52. The molecule has 0 fully saturated rings. The maximum absolute atomic E-state index is 3.76. The standard InChI is InChI=1S/C14H22BrNS/c1-9(2)10(3)8-16-12-5-4-6-13-11(12)7-14(15)17-13/h7,9-10,12,16H,4-6,8H2,1-3H3. The van der Waals surface area contributed by atoms with Gasteiger partial charge in [-0.1, -0.05) is 20.8 Å². The van der Waals surface area contributed by atoms with Crippen molar-refractivity contribution >= 4 is 27.3 Å². The summed E-state index contributed by atoms with van der Waals surface area (Å²) in [5, 5.41) is 3.76. The zero-order valence-electron chi connectivity index (χ0n) is 10.9. The molecule has 0 saturated heterocycles. The van der Waals surface area contributed by atoms with Gasteiger partial charge in [0.25, 0.3) is 0 Å². The van der Waals surface area contributed by atoms with E-state index in [1.165, 1.54) is 23.0 Å². The monoisotopic (exact) mass is 315 g/mol. The Labute approximate surface area is 117 Å². The molecule has 2 atom stereocenters. The molecule has 96 valence electrons. The number of hydrogen-bond acceptors (Lipinski definition) is 2. The van der Waals surface area contributed by atoms with E-state index < -0.39 is 0 Å². The molecule has 1 heterocycles. The maximum Gasteiger partial charge on any atom is 0.0704 e. The number of thiophene rings is 1. The highest BCUT2D eigenvalue weighted by Crippen LogP contribution is 2.38. The molecule has 3 heteroatoms. The zero-order valence-corrected chi connectivity index (χ0v) is 13.3. The highest BCUT2D eigenvalue weighted by Gasteiger charge is 2.22. The van der Waals surface area contributed by atoms with Gasteiger partial charge in [0.1, 0.15) is 0 Å². The number of aryl methyl sites for hydroxylation is 1. The number of nitrogens with one attached hydrogen (secondary N) is 1. The molecule has 0 spiro atoms. The first kappa shape index (κ1) is 13.6. The van der Waals surface area contributed by atoms with Crippen molar-refractivity contribution in [1.82, 2.24) is 5.32 Å². The third kappa shape index (κ3) is 3.33. The van der Waals surface area contributed by atoms with Gasteiger partial charge >= 0.3 is 0 Å². The summed E-state index contributed by atoms with van der Waals surface area (Å²) in [6, 6.07) is 2.90. The molecule has 2 rings (SSSR count). The van der Waals surface area contributed by atoms with Crippen LogP contribution in [0, 0.1) is 11.8 Å². The van der Waals surface area contributed by atoms with Crippen LogP contribution in [-0.4, -0.2) is 6.54 Å². The predicted molar refractivity (Wildman–Crippen MR) is 79.7 cm³/mol. The summed E-state index contributed by atoms with van der Waals surface area (Å²) in [5.41, 5.74) is 1.55. The third-order valence-corrected chi connectivity index (χ3v) is 5.62. The quantitative estimate of drug-likeness (QED) is 0.844. The van der Waals surface area contributed by atoms with Gasteiger partial charge in [-0.2, -0.15) is 0 Å². The average Bonchev–Trinajstić information content (AvgIpc) is 2.66. The van der Waals surface area contributed by atoms with E-state index in [0.717, 1.165) is 18.4 Å². The molecule has 1 aliphatic carbocycles. The lowest BCUT2D eigenvalue weighted by Gasteiger charge is -2.26. The van der Waals surface area contributed by atoms with Crippen molar-refractivity contribution in [3.05, 3.63) is 20.3 Å². The summed E-state index contributed by atoms with van der Waals surface area (Å²) in [6.45, 7) is 8.08. The van der Waals surface area contributed by atoms with E-state index in [0.29, 0.717) is 6.04 Å². The molecule has 1 aromatic rings. The molecule has 1 N–H and O–H groups in total. The minimum absolute atomic E-state index is 0.586. The van der Waals surface area contributed by atoms with E-state index in [1.807, 2.05) is 11.3 Å². The molecule has 1 aromatic heterocycles. The topological polar surface area (TPSA) is 12.0 Å². The van der Waals surface area contributed by atoms with E-state index >= 15 is 0 Å². The van der Waals surface area contributed by atoms with Crippen LogP contribution in [0.1, 0.15) is 50.1 Å². The van der Waals surface area contributed by atoms with Gasteiger partial charge in [-0.25, -0.2) is 0 Å². The molecule has 1 aliphatic rings. The van der Waals surface area contributed by atoms with Gasteiger partial charge in [-0.3, -0.25) is 0 Å². The minimum atomic E-state index is 0.586. The van der Waals surface area contributed by atoms with Gasteiger partial charge in [-0.05, 0) is 65.2 Å². The van der Waals surface area contributed by atoms with Gasteiger partial charge < -0.3 is 5.32 Å². The Morgan fingerprint density at radius 2 is 2.24 bits per heavy atom. The van der Waals surface area contributed by atoms with Crippen molar-refractivity contribution in [1.29, 1.82) is 0 Å². The van der Waals surface area contributed by atoms with E-state index in [2.05, 4.69) is 48.1 Å². The van der Waals surface area contributed by atoms with Gasteiger partial charge in [0.2, 0.25) is 0 Å². The van der Waals surface area contributed by atoms with Crippen LogP contribution in [0.2, 0.25) is 0 Å². The normalized spacial score (nSPS) is 21.6. The van der Waals surface area contributed by atoms with Crippen LogP contribution < -0.4 is 5.32 Å². The van der Waals surface area contributed by atoms with E-state index in [-0.39, 0.29) is 0 Å². The predicted octanol–water partition coefficient (Wildman–Crippen LogP) is 4.77. The van der Waals surface area contributed by atoms with Crippen LogP contribution in [0.25, 0.3) is 0 Å². The molecule has 17 heavy (non-hydrogen) atoms. The molecule has 0 radical (unpaired) electrons. The van der Waals surface area contributed by atoms with Crippen LogP contribution >= 0.6 is 27.3 Å². The average molecular weight is 316 g/mol. The highest BCUT2D eigenvalue weighted by molar-refractivity contribution is 9.11. The van der Waals surface area contributed by atoms with Crippen molar-refractivity contribution < 1.29 is 0 Å². The van der Waals surface area contributed by atoms with Crippen LogP contribution in [0.3, 0.4) is 0 Å². The summed E-state index contributed by atoms with van der Waals surface area (Å²) in [4.78, 5) is 1.58. The summed E-state index contributed by atoms with van der Waals surface area (Å²) < 4.78 is 1.29. The summed E-state index contributed by atoms with van der Waals surface area (Å²) >= 11 is 5.53. The Hall–Kier alpha value is 0.140. The first-order valence-corrected chi connectivity index (χ1v) is 8.20. The largest absolute Gasteiger partial charge is 0.310 e. The van der Waals surface area contributed by atoms with Crippen molar-refractivity contribution in [3.8, 4) is 0 Å². The summed E-state index contributed by atoms with van der Waals surface area (Å²) in [7, 11) is 0. The van der Waals surface area contributed by atoms with Crippen LogP contribution in [0.15, 0.2) is 9.85 Å². The Morgan fingerprint density at radius 1 is 1.47 bits per heavy atom. The molecule has 0 aliphatic heterocycles. The molecule has 0 saturated carbocycles. The Balaban J connectivity index is 1.99. The first-order chi connectivity index (χ1) is 8.08. The van der Waals surface area contributed by atoms with Gasteiger partial charge in [-0.15, -0.1) is 11.3 Å². The second-order valence-electron chi connectivity index (χ2n) is 5.50. The van der Waals surface area contributed by atoms with Crippen LogP contribution in [0.5, 0.6) is 0 Å². The molecule has 1 nitrogen and oxygen atoms in total. The van der Waals surface area contributed by atoms with Crippen molar-refractivity contribution in [2.75, 3.05) is 6.54 Å². The fraction of sp³-hybridized carbons (Fsp3) is 0.714. The van der Waals surface area contributed by atoms with Gasteiger partial charge in [0.15, 0.2) is 0 Å². The maximum atomic E-state index is 3.76. The van der Waals surface area contributed by atoms with E-state index in [4.69, 9.17) is 0 Å². The Kier molecular flexibility index (Phi) is 4.67. The van der Waals surface area contributed by atoms with Crippen LogP contribution in [-0.2, 0) is 6.42 Å². The summed E-state index contributed by atoms with van der Waals surface area (Å²) in [6.07, 6.45) is 3.89. The highest BCUT2D eigenvalue weighted by atomic mass is 79.9. The SMILES string of the molecule is CC(C)C(C)CNC1CCCc2sc(Br)cc21. The fourth-order valence-electron chi connectivity index (χ4n) is 2.30. The zero-order chi connectivity index (χ0) is 12.4. The second kappa shape index (κ2) is 5.85. The van der Waals surface area contributed by atoms with Crippen LogP contribution in [0.4, 0.5) is 0 Å². The lowest BCUT2D eigenvalue weighted by molar-refractivity contribution is 0.355. The number of rotatable bonds is 4. The second-order valence-corrected chi connectivity index (χ2v) is 8.02. The molecular weight excluding hydrogens is 294 g/mol. The van der Waals surface area contributed by atoms with Crippen molar-refractivity contribution in [3.63, 3.8) is 0 Å². The fourth-order valence-corrected chi connectivity index (χ4v) is 4.12. The van der Waals surface area contributed by atoms with Crippen molar-refractivity contribution in [2.45, 2.75) is 46.1 Å². The smallest absolute Gasteiger partial charge is 0.0704 e. The Bertz CT molecular complexity index is 372. The number of hydrogen-bond donors (Lipinski definition) is 1. The van der Waals surface area contributed by atoms with Gasteiger partial charge in [0.05, 0.1) is 3.79 Å². The van der Waals surface area contributed by atoms with E-state index in [9.17, 15) is 0 Å². The third-order valence-electron chi connectivity index (χ3n) is 3.91. The minimum Gasteiger partial charge on any atom is -0.310 e. The first-order valence-electron chi connectivity index (χ1n) is 6.59. The lowest BCUT2D eigenvalue weighted by Crippen LogP contribution is -2.30. The molecule has 0 aromatic carbocycles. The molecule has 2 unspecified atom stereocenters. The molecular formula is C14H22BrNS. The Morgan fingerprint density at radius 3 is 2.94 bits per heavy atom. The lowest BCUT2D eigenvalue weighted by atomic mass is 9.92. The molecule has 0 amide bonds. The number of halogens is 1. The van der Waals surface area contributed by atoms with Crippen molar-refractivity contribution in [2.24, 2.45) is 11.8 Å². The van der Waals surface area contributed by atoms with Gasteiger partial charge in [0, 0.05) is 10.9 Å². The van der Waals surface area contributed by atoms with E-state index in [1.54, 1.807) is 10.4 Å².